The molecular weight excluding hydrogens is 374 g/mol. The maximum Gasteiger partial charge on any atom is 0.400 e. The lowest BCUT2D eigenvalue weighted by molar-refractivity contribution is -0.499. The minimum Gasteiger partial charge on any atom is -0.623 e. The Balaban J connectivity index is 2.32. The van der Waals surface area contributed by atoms with Gasteiger partial charge in [-0.15, -0.1) is 0 Å². The van der Waals surface area contributed by atoms with Crippen molar-refractivity contribution < 1.29 is 28.5 Å². The molecule has 1 heterocycles. The summed E-state index contributed by atoms with van der Waals surface area (Å²) in [6, 6.07) is -0.413. The molecule has 7 nitrogen and oxygen atoms in total. The highest BCUT2D eigenvalue weighted by Gasteiger charge is 2.49. The number of cyclic esters (lactones) is 1. The third kappa shape index (κ3) is 5.71. The number of carbonyl (C=O) groups is 2. The monoisotopic (exact) mass is 411 g/mol. The van der Waals surface area contributed by atoms with Gasteiger partial charge in [-0.1, -0.05) is 34.1 Å². The molecule has 0 radical (unpaired) electrons. The van der Waals surface area contributed by atoms with Crippen LogP contribution in [-0.4, -0.2) is 47.4 Å². The second-order valence-corrected chi connectivity index (χ2v) is 8.86. The zero-order valence-electron chi connectivity index (χ0n) is 18.7. The Labute approximate surface area is 174 Å². The van der Waals surface area contributed by atoms with Crippen LogP contribution in [0, 0.1) is 28.9 Å². The van der Waals surface area contributed by atoms with Crippen molar-refractivity contribution in [2.75, 3.05) is 6.61 Å². The minimum atomic E-state index is -0.932. The van der Waals surface area contributed by atoms with Crippen LogP contribution >= 0.6 is 0 Å². The fourth-order valence-electron chi connectivity index (χ4n) is 4.34. The zero-order chi connectivity index (χ0) is 21.7. The molecule has 6 atom stereocenters. The Morgan fingerprint density at radius 2 is 1.97 bits per heavy atom. The third-order valence-electron chi connectivity index (χ3n) is 6.30. The highest BCUT2D eigenvalue weighted by molar-refractivity contribution is 6.35. The molecule has 1 aliphatic carbocycles. The molecule has 0 aromatic carbocycles. The molecule has 166 valence electrons. The minimum absolute atomic E-state index is 0.0530. The van der Waals surface area contributed by atoms with Crippen molar-refractivity contribution in [3.05, 3.63) is 5.21 Å². The van der Waals surface area contributed by atoms with E-state index < -0.39 is 30.2 Å². The molecule has 0 aromatic rings. The number of hydroxylamine groups is 1. The maximum atomic E-state index is 12.9. The Morgan fingerprint density at radius 1 is 1.28 bits per heavy atom. The van der Waals surface area contributed by atoms with Gasteiger partial charge in [-0.25, -0.2) is 9.53 Å². The normalized spacial score (nSPS) is 32.0. The van der Waals surface area contributed by atoms with Crippen LogP contribution in [0.1, 0.15) is 73.6 Å². The van der Waals surface area contributed by atoms with E-state index in [0.29, 0.717) is 28.9 Å². The number of hydrogen-bond acceptors (Lipinski definition) is 6. The lowest BCUT2D eigenvalue weighted by Crippen LogP contribution is -2.44. The average Bonchev–Trinajstić information content (AvgIpc) is 3.00. The molecule has 0 bridgehead atoms. The van der Waals surface area contributed by atoms with E-state index >= 15 is 0 Å². The van der Waals surface area contributed by atoms with Crippen LogP contribution < -0.4 is 0 Å². The van der Waals surface area contributed by atoms with Gasteiger partial charge in [0.2, 0.25) is 6.29 Å². The summed E-state index contributed by atoms with van der Waals surface area (Å²) in [6.07, 6.45) is 2.61. The SMILES string of the molecule is CCOC(=O)/C([C@@H]1CC(=O)O[C@H]1OC1CC(C)CCC1C(C)C)=[N+](/[O-])C(C)CC. The third-order valence-corrected chi connectivity index (χ3v) is 6.30. The van der Waals surface area contributed by atoms with Gasteiger partial charge in [0.15, 0.2) is 6.04 Å². The summed E-state index contributed by atoms with van der Waals surface area (Å²) >= 11 is 0. The predicted octanol–water partition coefficient (Wildman–Crippen LogP) is 3.67. The summed E-state index contributed by atoms with van der Waals surface area (Å²) in [6.45, 7) is 12.0. The summed E-state index contributed by atoms with van der Waals surface area (Å²) in [5, 5.41) is 12.9. The van der Waals surface area contributed by atoms with Crippen molar-refractivity contribution in [2.45, 2.75) is 92.1 Å². The number of ether oxygens (including phenoxy) is 3. The number of carbonyl (C=O) groups excluding carboxylic acids is 2. The smallest absolute Gasteiger partial charge is 0.400 e. The lowest BCUT2D eigenvalue weighted by Gasteiger charge is -2.38. The number of hydrogen-bond donors (Lipinski definition) is 0. The molecule has 0 N–H and O–H groups in total. The van der Waals surface area contributed by atoms with Crippen LogP contribution in [0.25, 0.3) is 0 Å². The Bertz CT molecular complexity index is 616. The van der Waals surface area contributed by atoms with Crippen LogP contribution in [0.2, 0.25) is 0 Å². The first-order valence-corrected chi connectivity index (χ1v) is 11.0. The summed E-state index contributed by atoms with van der Waals surface area (Å²) in [7, 11) is 0. The summed E-state index contributed by atoms with van der Waals surface area (Å²) in [4.78, 5) is 24.8. The number of rotatable bonds is 8. The van der Waals surface area contributed by atoms with Gasteiger partial charge in [0, 0.05) is 6.42 Å². The van der Waals surface area contributed by atoms with Crippen LogP contribution in [0.5, 0.6) is 0 Å². The number of esters is 2. The molecular formula is C22H37NO6. The molecule has 4 unspecified atom stereocenters. The van der Waals surface area contributed by atoms with Gasteiger partial charge < -0.3 is 19.4 Å². The molecule has 1 aliphatic heterocycles. The van der Waals surface area contributed by atoms with E-state index in [2.05, 4.69) is 20.8 Å². The van der Waals surface area contributed by atoms with E-state index in [-0.39, 0.29) is 24.8 Å². The Hall–Kier alpha value is -1.63. The van der Waals surface area contributed by atoms with E-state index in [1.165, 1.54) is 0 Å². The zero-order valence-corrected chi connectivity index (χ0v) is 18.7. The second-order valence-electron chi connectivity index (χ2n) is 8.86. The van der Waals surface area contributed by atoms with Gasteiger partial charge in [-0.05, 0) is 44.4 Å². The van der Waals surface area contributed by atoms with Crippen molar-refractivity contribution in [3.63, 3.8) is 0 Å². The van der Waals surface area contributed by atoms with Crippen molar-refractivity contribution in [3.8, 4) is 0 Å². The molecule has 7 heteroatoms. The molecule has 0 spiro atoms. The Kier molecular flexibility index (Phi) is 8.49. The molecule has 0 amide bonds. The molecule has 29 heavy (non-hydrogen) atoms. The predicted molar refractivity (Wildman–Crippen MR) is 109 cm³/mol. The lowest BCUT2D eigenvalue weighted by atomic mass is 9.75. The van der Waals surface area contributed by atoms with E-state index in [1.807, 2.05) is 6.92 Å². The summed E-state index contributed by atoms with van der Waals surface area (Å²) in [5.74, 6) is -0.586. The van der Waals surface area contributed by atoms with E-state index in [4.69, 9.17) is 14.2 Å². The highest BCUT2D eigenvalue weighted by atomic mass is 16.7. The van der Waals surface area contributed by atoms with Gasteiger partial charge in [-0.3, -0.25) is 4.79 Å². The fraction of sp³-hybridized carbons (Fsp3) is 0.864. The summed E-state index contributed by atoms with van der Waals surface area (Å²) < 4.78 is 17.6. The Morgan fingerprint density at radius 3 is 2.55 bits per heavy atom. The topological polar surface area (TPSA) is 87.9 Å². The molecule has 2 rings (SSSR count). The maximum absolute atomic E-state index is 12.9. The average molecular weight is 412 g/mol. The van der Waals surface area contributed by atoms with E-state index in [0.717, 1.165) is 19.3 Å². The van der Waals surface area contributed by atoms with Gasteiger partial charge in [-0.2, -0.15) is 0 Å². The molecule has 0 aromatic heterocycles. The van der Waals surface area contributed by atoms with Crippen LogP contribution in [0.4, 0.5) is 0 Å². The van der Waals surface area contributed by atoms with E-state index in [1.54, 1.807) is 13.8 Å². The second kappa shape index (κ2) is 10.4. The van der Waals surface area contributed by atoms with Gasteiger partial charge in [0.25, 0.3) is 5.71 Å². The van der Waals surface area contributed by atoms with Gasteiger partial charge >= 0.3 is 11.9 Å². The van der Waals surface area contributed by atoms with Crippen LogP contribution in [-0.2, 0) is 23.8 Å². The quantitative estimate of drug-likeness (QED) is 0.199. The van der Waals surface area contributed by atoms with Crippen LogP contribution in [0.3, 0.4) is 0 Å². The van der Waals surface area contributed by atoms with Crippen LogP contribution in [0.15, 0.2) is 0 Å². The standard InChI is InChI=1S/C22H37NO6/c1-7-15(6)23(26)20(21(25)27-8-2)17-12-19(24)29-22(17)28-18-11-14(5)9-10-16(18)13(3)4/h13-18,22H,7-12H2,1-6H3/b23-20+/t14?,15?,16?,17-,18?,22+/m0/s1. The first kappa shape index (κ1) is 23.6. The van der Waals surface area contributed by atoms with Crippen molar-refractivity contribution in [1.29, 1.82) is 0 Å². The molecule has 2 fully saturated rings. The largest absolute Gasteiger partial charge is 0.623 e. The van der Waals surface area contributed by atoms with Crippen molar-refractivity contribution >= 4 is 17.7 Å². The fourth-order valence-corrected chi connectivity index (χ4v) is 4.34. The van der Waals surface area contributed by atoms with Gasteiger partial charge in [0.1, 0.15) is 5.92 Å². The first-order chi connectivity index (χ1) is 13.7. The number of nitrogens with zero attached hydrogens (tertiary/aromatic N) is 1. The molecule has 2 aliphatic rings. The highest BCUT2D eigenvalue weighted by Crippen LogP contribution is 2.38. The summed E-state index contributed by atoms with van der Waals surface area (Å²) in [5.41, 5.74) is -0.0676. The van der Waals surface area contributed by atoms with Gasteiger partial charge in [0.05, 0.1) is 19.1 Å². The first-order valence-electron chi connectivity index (χ1n) is 11.0. The van der Waals surface area contributed by atoms with E-state index in [9.17, 15) is 14.8 Å². The van der Waals surface area contributed by atoms with Crippen molar-refractivity contribution in [1.82, 2.24) is 0 Å². The molecule has 1 saturated heterocycles. The molecule has 1 saturated carbocycles. The van der Waals surface area contributed by atoms with Crippen molar-refractivity contribution in [2.24, 2.45) is 23.7 Å².